The molecule has 0 aromatic rings. The van der Waals surface area contributed by atoms with Crippen LogP contribution in [0.15, 0.2) is 0 Å². The number of carbonyl (C=O) groups excluding carboxylic acids is 2. The van der Waals surface area contributed by atoms with Gasteiger partial charge in [0, 0.05) is 31.3 Å². The Labute approximate surface area is 175 Å². The molecule has 4 heteroatoms. The first-order valence-corrected chi connectivity index (χ1v) is 12.2. The van der Waals surface area contributed by atoms with E-state index in [4.69, 9.17) is 9.47 Å². The highest BCUT2D eigenvalue weighted by molar-refractivity contribution is 5.87. The van der Waals surface area contributed by atoms with Crippen LogP contribution >= 0.6 is 0 Å². The Morgan fingerprint density at radius 1 is 1.03 bits per heavy atom. The maximum absolute atomic E-state index is 13.1. The van der Waals surface area contributed by atoms with Gasteiger partial charge in [-0.2, -0.15) is 0 Å². The van der Waals surface area contributed by atoms with Crippen molar-refractivity contribution >= 4 is 11.6 Å². The molecule has 0 spiro atoms. The molecular formula is C25H38O4. The molecule has 4 saturated carbocycles. The molecular weight excluding hydrogens is 364 g/mol. The van der Waals surface area contributed by atoms with Crippen molar-refractivity contribution in [2.45, 2.75) is 90.8 Å². The summed E-state index contributed by atoms with van der Waals surface area (Å²) in [4.78, 5) is 25.3. The van der Waals surface area contributed by atoms with Crippen LogP contribution in [-0.4, -0.2) is 31.1 Å². The van der Waals surface area contributed by atoms with Gasteiger partial charge in [0.2, 0.25) is 0 Å². The summed E-state index contributed by atoms with van der Waals surface area (Å²) in [5, 5.41) is 0. The first-order chi connectivity index (χ1) is 13.9. The standard InChI is InChI=1S/C25H38O4/c1-24-10-8-18(26)14-17(24)6-7-19-20(24)9-11-25(2)21(27)13-16(23(19)25)15-29-22-5-3-4-12-28-22/h16-17,19-20,22-23H,3-15H2,1-2H3/t16-,17-,19-,20+,22?,23+,24+,25-/m1/s1. The SMILES string of the molecule is C[C@]12CCC(=O)C[C@H]1CC[C@H]1[C@@H]3[C@@H](COC4CCCCO4)CC(=O)[C@@]3(C)CC[C@@H]12. The van der Waals surface area contributed by atoms with Gasteiger partial charge in [0.05, 0.1) is 6.61 Å². The van der Waals surface area contributed by atoms with Gasteiger partial charge in [-0.1, -0.05) is 13.8 Å². The Morgan fingerprint density at radius 2 is 1.90 bits per heavy atom. The zero-order valence-electron chi connectivity index (χ0n) is 18.3. The molecule has 4 aliphatic carbocycles. The van der Waals surface area contributed by atoms with Crippen molar-refractivity contribution < 1.29 is 19.1 Å². The van der Waals surface area contributed by atoms with Crippen LogP contribution in [0.4, 0.5) is 0 Å². The third kappa shape index (κ3) is 3.24. The number of ether oxygens (including phenoxy) is 2. The van der Waals surface area contributed by atoms with E-state index in [2.05, 4.69) is 13.8 Å². The average Bonchev–Trinajstić information content (AvgIpc) is 2.98. The fourth-order valence-corrected chi connectivity index (χ4v) is 8.32. The Bertz CT molecular complexity index is 668. The van der Waals surface area contributed by atoms with E-state index in [9.17, 15) is 9.59 Å². The lowest BCUT2D eigenvalue weighted by Gasteiger charge is -2.60. The Hall–Kier alpha value is -0.740. The fourth-order valence-electron chi connectivity index (χ4n) is 8.32. The number of Topliss-reactive ketones (excluding diaryl/α,β-unsaturated/α-hetero) is 2. The lowest BCUT2D eigenvalue weighted by atomic mass is 9.44. The summed E-state index contributed by atoms with van der Waals surface area (Å²) in [6.45, 7) is 6.21. The number of fused-ring (bicyclic) bond motifs is 5. The molecule has 0 aromatic carbocycles. The Kier molecular flexibility index (Phi) is 5.18. The van der Waals surface area contributed by atoms with Gasteiger partial charge in [-0.25, -0.2) is 0 Å². The molecule has 29 heavy (non-hydrogen) atoms. The Balaban J connectivity index is 1.36. The smallest absolute Gasteiger partial charge is 0.157 e. The van der Waals surface area contributed by atoms with Crippen molar-refractivity contribution in [2.24, 2.45) is 40.4 Å². The van der Waals surface area contributed by atoms with Gasteiger partial charge in [0.15, 0.2) is 6.29 Å². The van der Waals surface area contributed by atoms with Gasteiger partial charge in [-0.05, 0) is 86.4 Å². The maximum atomic E-state index is 13.1. The minimum absolute atomic E-state index is 0.0669. The average molecular weight is 403 g/mol. The van der Waals surface area contributed by atoms with Gasteiger partial charge in [-0.15, -0.1) is 0 Å². The van der Waals surface area contributed by atoms with E-state index >= 15 is 0 Å². The van der Waals surface area contributed by atoms with Crippen LogP contribution in [0.2, 0.25) is 0 Å². The molecule has 5 aliphatic rings. The highest BCUT2D eigenvalue weighted by atomic mass is 16.7. The molecule has 0 amide bonds. The number of ketones is 2. The number of hydrogen-bond donors (Lipinski definition) is 0. The van der Waals surface area contributed by atoms with E-state index in [0.29, 0.717) is 59.6 Å². The van der Waals surface area contributed by atoms with E-state index < -0.39 is 0 Å². The summed E-state index contributed by atoms with van der Waals surface area (Å²) < 4.78 is 12.0. The van der Waals surface area contributed by atoms with E-state index in [1.807, 2.05) is 0 Å². The maximum Gasteiger partial charge on any atom is 0.157 e. The van der Waals surface area contributed by atoms with E-state index in [1.165, 1.54) is 25.7 Å². The molecule has 1 aliphatic heterocycles. The topological polar surface area (TPSA) is 52.6 Å². The molecule has 0 radical (unpaired) electrons. The summed E-state index contributed by atoms with van der Waals surface area (Å²) in [5.74, 6) is 3.61. The largest absolute Gasteiger partial charge is 0.353 e. The van der Waals surface area contributed by atoms with Crippen LogP contribution in [-0.2, 0) is 19.1 Å². The molecule has 0 N–H and O–H groups in total. The van der Waals surface area contributed by atoms with Crippen molar-refractivity contribution in [1.29, 1.82) is 0 Å². The molecule has 4 nitrogen and oxygen atoms in total. The lowest BCUT2D eigenvalue weighted by molar-refractivity contribution is -0.179. The monoisotopic (exact) mass is 402 g/mol. The van der Waals surface area contributed by atoms with Crippen molar-refractivity contribution in [2.75, 3.05) is 13.2 Å². The van der Waals surface area contributed by atoms with Gasteiger partial charge in [0.1, 0.15) is 11.6 Å². The first-order valence-electron chi connectivity index (χ1n) is 12.2. The van der Waals surface area contributed by atoms with E-state index in [-0.39, 0.29) is 11.7 Å². The summed E-state index contributed by atoms with van der Waals surface area (Å²) in [6, 6.07) is 0. The zero-order chi connectivity index (χ0) is 20.2. The highest BCUT2D eigenvalue weighted by Crippen LogP contribution is 2.66. The van der Waals surface area contributed by atoms with Crippen LogP contribution in [0.1, 0.15) is 84.5 Å². The molecule has 162 valence electrons. The quantitative estimate of drug-likeness (QED) is 0.671. The van der Waals surface area contributed by atoms with Gasteiger partial charge in [0.25, 0.3) is 0 Å². The first kappa shape index (κ1) is 20.2. The van der Waals surface area contributed by atoms with E-state index in [1.54, 1.807) is 0 Å². The van der Waals surface area contributed by atoms with Gasteiger partial charge in [-0.3, -0.25) is 9.59 Å². The molecule has 0 aromatic heterocycles. The second kappa shape index (κ2) is 7.44. The lowest BCUT2D eigenvalue weighted by Crippen LogP contribution is -2.54. The third-order valence-electron chi connectivity index (χ3n) is 9.96. The van der Waals surface area contributed by atoms with E-state index in [0.717, 1.165) is 45.1 Å². The molecule has 5 fully saturated rings. The van der Waals surface area contributed by atoms with Crippen molar-refractivity contribution in [3.8, 4) is 0 Å². The van der Waals surface area contributed by atoms with Crippen LogP contribution < -0.4 is 0 Å². The van der Waals surface area contributed by atoms with Crippen molar-refractivity contribution in [3.63, 3.8) is 0 Å². The predicted octanol–water partition coefficient (Wildman–Crippen LogP) is 4.94. The summed E-state index contributed by atoms with van der Waals surface area (Å²) in [5.41, 5.74) is 0.137. The summed E-state index contributed by atoms with van der Waals surface area (Å²) >= 11 is 0. The van der Waals surface area contributed by atoms with Crippen LogP contribution in [0, 0.1) is 40.4 Å². The minimum Gasteiger partial charge on any atom is -0.353 e. The van der Waals surface area contributed by atoms with Crippen LogP contribution in [0.5, 0.6) is 0 Å². The molecule has 8 atom stereocenters. The van der Waals surface area contributed by atoms with Crippen molar-refractivity contribution in [1.82, 2.24) is 0 Å². The zero-order valence-corrected chi connectivity index (χ0v) is 18.3. The van der Waals surface area contributed by atoms with Gasteiger partial charge >= 0.3 is 0 Å². The van der Waals surface area contributed by atoms with Crippen molar-refractivity contribution in [3.05, 3.63) is 0 Å². The molecule has 5 rings (SSSR count). The third-order valence-corrected chi connectivity index (χ3v) is 9.96. The highest BCUT2D eigenvalue weighted by Gasteiger charge is 2.62. The summed E-state index contributed by atoms with van der Waals surface area (Å²) in [6.07, 6.45) is 11.1. The molecule has 1 saturated heterocycles. The number of hydrogen-bond acceptors (Lipinski definition) is 4. The second-order valence-corrected chi connectivity index (χ2v) is 11.3. The Morgan fingerprint density at radius 3 is 2.69 bits per heavy atom. The molecule has 0 bridgehead atoms. The summed E-state index contributed by atoms with van der Waals surface area (Å²) in [7, 11) is 0. The minimum atomic E-state index is -0.156. The predicted molar refractivity (Wildman–Crippen MR) is 110 cm³/mol. The fraction of sp³-hybridized carbons (Fsp3) is 0.920. The number of carbonyl (C=O) groups is 2. The van der Waals surface area contributed by atoms with Gasteiger partial charge < -0.3 is 9.47 Å². The molecule has 1 heterocycles. The molecule has 1 unspecified atom stereocenters. The van der Waals surface area contributed by atoms with Crippen LogP contribution in [0.3, 0.4) is 0 Å². The second-order valence-electron chi connectivity index (χ2n) is 11.3. The number of rotatable bonds is 3. The normalized spacial score (nSPS) is 50.0. The van der Waals surface area contributed by atoms with Crippen LogP contribution in [0.25, 0.3) is 0 Å².